The number of nitrogens with one attached hydrogen (secondary N) is 1. The van der Waals surface area contributed by atoms with Crippen LogP contribution < -0.4 is 5.32 Å². The van der Waals surface area contributed by atoms with E-state index in [1.807, 2.05) is 11.8 Å². The van der Waals surface area contributed by atoms with E-state index < -0.39 is 10.0 Å². The molecule has 0 bridgehead atoms. The molecule has 0 saturated carbocycles. The molecule has 1 aromatic rings. The van der Waals surface area contributed by atoms with Crippen LogP contribution in [-0.4, -0.2) is 62.2 Å². The molecule has 3 rings (SSSR count). The molecule has 2 aliphatic heterocycles. The van der Waals surface area contributed by atoms with Crippen molar-refractivity contribution in [1.82, 2.24) is 14.5 Å². The summed E-state index contributed by atoms with van der Waals surface area (Å²) in [6.45, 7) is 6.74. The van der Waals surface area contributed by atoms with Gasteiger partial charge in [0.15, 0.2) is 0 Å². The second-order valence-electron chi connectivity index (χ2n) is 9.09. The third-order valence-electron chi connectivity index (χ3n) is 6.72. The number of piperidine rings is 2. The highest BCUT2D eigenvalue weighted by molar-refractivity contribution is 7.89. The quantitative estimate of drug-likeness (QED) is 0.601. The predicted octanol–water partition coefficient (Wildman–Crippen LogP) is 2.94. The van der Waals surface area contributed by atoms with Crippen LogP contribution in [0, 0.1) is 18.8 Å². The molecule has 0 unspecified atom stereocenters. The number of amides is 2. The van der Waals surface area contributed by atoms with Gasteiger partial charge in [-0.15, -0.1) is 0 Å². The molecular formula is C24H37N3O4S. The van der Waals surface area contributed by atoms with Gasteiger partial charge in [-0.25, -0.2) is 8.42 Å². The van der Waals surface area contributed by atoms with Gasteiger partial charge in [0.05, 0.1) is 4.90 Å². The van der Waals surface area contributed by atoms with Crippen LogP contribution in [0.1, 0.15) is 57.4 Å². The van der Waals surface area contributed by atoms with E-state index in [-0.39, 0.29) is 23.7 Å². The highest BCUT2D eigenvalue weighted by Gasteiger charge is 2.35. The first-order valence-corrected chi connectivity index (χ1v) is 13.4. The van der Waals surface area contributed by atoms with Gasteiger partial charge in [0.25, 0.3) is 0 Å². The minimum atomic E-state index is -3.52. The van der Waals surface area contributed by atoms with Gasteiger partial charge >= 0.3 is 0 Å². The standard InChI is InChI=1S/C24H37N3O4S/c1-3-4-5-14-25-23(28)20-10-15-26(16-11-20)24(29)21-12-17-27(18-13-21)32(30,31)22-8-6-19(2)7-9-22/h6-9,20-21H,3-5,10-18H2,1-2H3,(H,25,28). The van der Waals surface area contributed by atoms with E-state index in [9.17, 15) is 18.0 Å². The molecule has 0 aliphatic carbocycles. The number of carbonyl (C=O) groups excluding carboxylic acids is 2. The Morgan fingerprint density at radius 3 is 2.12 bits per heavy atom. The summed E-state index contributed by atoms with van der Waals surface area (Å²) in [5.74, 6) is 0.0723. The third-order valence-corrected chi connectivity index (χ3v) is 8.63. The first-order valence-electron chi connectivity index (χ1n) is 12.0. The van der Waals surface area contributed by atoms with Crippen molar-refractivity contribution in [3.05, 3.63) is 29.8 Å². The summed E-state index contributed by atoms with van der Waals surface area (Å²) in [4.78, 5) is 27.5. The van der Waals surface area contributed by atoms with Gasteiger partial charge in [-0.2, -0.15) is 4.31 Å². The molecule has 8 heteroatoms. The van der Waals surface area contributed by atoms with Crippen molar-refractivity contribution in [3.8, 4) is 0 Å². The molecule has 2 saturated heterocycles. The van der Waals surface area contributed by atoms with Crippen molar-refractivity contribution >= 4 is 21.8 Å². The zero-order chi connectivity index (χ0) is 23.1. The maximum absolute atomic E-state index is 13.0. The number of likely N-dealkylation sites (tertiary alicyclic amines) is 1. The number of rotatable bonds is 8. The predicted molar refractivity (Wildman–Crippen MR) is 125 cm³/mol. The fourth-order valence-electron chi connectivity index (χ4n) is 4.55. The first-order chi connectivity index (χ1) is 15.3. The van der Waals surface area contributed by atoms with Crippen LogP contribution in [-0.2, 0) is 19.6 Å². The van der Waals surface area contributed by atoms with Crippen LogP contribution in [0.3, 0.4) is 0 Å². The summed E-state index contributed by atoms with van der Waals surface area (Å²) >= 11 is 0. The molecule has 0 radical (unpaired) electrons. The lowest BCUT2D eigenvalue weighted by Crippen LogP contribution is -2.48. The highest BCUT2D eigenvalue weighted by Crippen LogP contribution is 2.27. The lowest BCUT2D eigenvalue weighted by atomic mass is 9.92. The zero-order valence-electron chi connectivity index (χ0n) is 19.4. The number of unbranched alkanes of at least 4 members (excludes halogenated alkanes) is 2. The molecule has 2 amide bonds. The van der Waals surface area contributed by atoms with Gasteiger partial charge < -0.3 is 10.2 Å². The van der Waals surface area contributed by atoms with Gasteiger partial charge in [0.2, 0.25) is 21.8 Å². The molecule has 0 spiro atoms. The van der Waals surface area contributed by atoms with E-state index in [0.717, 1.165) is 31.4 Å². The Kier molecular flexibility index (Phi) is 8.71. The molecule has 1 N–H and O–H groups in total. The van der Waals surface area contributed by atoms with Gasteiger partial charge in [-0.05, 0) is 51.2 Å². The van der Waals surface area contributed by atoms with Gasteiger partial charge in [-0.1, -0.05) is 37.5 Å². The molecule has 7 nitrogen and oxygen atoms in total. The van der Waals surface area contributed by atoms with E-state index in [2.05, 4.69) is 12.2 Å². The summed E-state index contributed by atoms with van der Waals surface area (Å²) in [7, 11) is -3.52. The lowest BCUT2D eigenvalue weighted by molar-refractivity contribution is -0.140. The van der Waals surface area contributed by atoms with Gasteiger partial charge in [-0.3, -0.25) is 9.59 Å². The van der Waals surface area contributed by atoms with Crippen LogP contribution in [0.2, 0.25) is 0 Å². The van der Waals surface area contributed by atoms with Crippen molar-refractivity contribution in [2.75, 3.05) is 32.7 Å². The number of hydrogen-bond acceptors (Lipinski definition) is 4. The summed E-state index contributed by atoms with van der Waals surface area (Å²) < 4.78 is 27.3. The molecule has 2 heterocycles. The number of carbonyl (C=O) groups is 2. The molecule has 2 aliphatic rings. The monoisotopic (exact) mass is 463 g/mol. The van der Waals surface area contributed by atoms with E-state index >= 15 is 0 Å². The van der Waals surface area contributed by atoms with Gasteiger partial charge in [0.1, 0.15) is 0 Å². The average molecular weight is 464 g/mol. The second kappa shape index (κ2) is 11.3. The molecule has 2 fully saturated rings. The average Bonchev–Trinajstić information content (AvgIpc) is 2.82. The van der Waals surface area contributed by atoms with Crippen LogP contribution in [0.25, 0.3) is 0 Å². The van der Waals surface area contributed by atoms with Crippen molar-refractivity contribution in [1.29, 1.82) is 0 Å². The van der Waals surface area contributed by atoms with E-state index in [0.29, 0.717) is 56.8 Å². The summed E-state index contributed by atoms with van der Waals surface area (Å²) in [6.07, 6.45) is 5.75. The smallest absolute Gasteiger partial charge is 0.243 e. The van der Waals surface area contributed by atoms with Crippen molar-refractivity contribution in [2.45, 2.75) is 63.7 Å². The summed E-state index contributed by atoms with van der Waals surface area (Å²) in [5.41, 5.74) is 1.02. The van der Waals surface area contributed by atoms with E-state index in [1.54, 1.807) is 24.3 Å². The maximum atomic E-state index is 13.0. The summed E-state index contributed by atoms with van der Waals surface area (Å²) in [6, 6.07) is 6.90. The Labute approximate surface area is 192 Å². The van der Waals surface area contributed by atoms with Crippen LogP contribution in [0.4, 0.5) is 0 Å². The molecular weight excluding hydrogens is 426 g/mol. The Bertz CT molecular complexity index is 869. The van der Waals surface area contributed by atoms with E-state index in [4.69, 9.17) is 0 Å². The number of hydrogen-bond donors (Lipinski definition) is 1. The number of sulfonamides is 1. The van der Waals surface area contributed by atoms with Crippen LogP contribution in [0.5, 0.6) is 0 Å². The Balaban J connectivity index is 1.45. The minimum Gasteiger partial charge on any atom is -0.356 e. The van der Waals surface area contributed by atoms with E-state index in [1.165, 1.54) is 4.31 Å². The zero-order valence-corrected chi connectivity index (χ0v) is 20.2. The fourth-order valence-corrected chi connectivity index (χ4v) is 6.02. The normalized spacial score (nSPS) is 19.1. The Hall–Kier alpha value is -1.93. The number of aryl methyl sites for hydroxylation is 1. The Morgan fingerprint density at radius 1 is 0.938 bits per heavy atom. The second-order valence-corrected chi connectivity index (χ2v) is 11.0. The molecule has 178 valence electrons. The van der Waals surface area contributed by atoms with Crippen LogP contribution in [0.15, 0.2) is 29.2 Å². The van der Waals surface area contributed by atoms with Crippen molar-refractivity contribution in [3.63, 3.8) is 0 Å². The van der Waals surface area contributed by atoms with Crippen molar-refractivity contribution < 1.29 is 18.0 Å². The molecule has 1 aromatic carbocycles. The molecule has 32 heavy (non-hydrogen) atoms. The minimum absolute atomic E-state index is 0.0119. The third kappa shape index (κ3) is 6.10. The van der Waals surface area contributed by atoms with Gasteiger partial charge in [0, 0.05) is 44.6 Å². The Morgan fingerprint density at radius 2 is 1.53 bits per heavy atom. The first kappa shape index (κ1) is 24.7. The summed E-state index contributed by atoms with van der Waals surface area (Å²) in [5, 5.41) is 3.03. The number of nitrogens with zero attached hydrogens (tertiary/aromatic N) is 2. The van der Waals surface area contributed by atoms with Crippen molar-refractivity contribution in [2.24, 2.45) is 11.8 Å². The SMILES string of the molecule is CCCCCNC(=O)C1CCN(C(=O)C2CCN(S(=O)(=O)c3ccc(C)cc3)CC2)CC1. The highest BCUT2D eigenvalue weighted by atomic mass is 32.2. The maximum Gasteiger partial charge on any atom is 0.243 e. The lowest BCUT2D eigenvalue weighted by Gasteiger charge is -2.36. The molecule has 0 atom stereocenters. The number of benzene rings is 1. The molecule has 0 aromatic heterocycles. The van der Waals surface area contributed by atoms with Crippen LogP contribution >= 0.6 is 0 Å². The topological polar surface area (TPSA) is 86.8 Å². The largest absolute Gasteiger partial charge is 0.356 e. The fraction of sp³-hybridized carbons (Fsp3) is 0.667.